The van der Waals surface area contributed by atoms with Crippen molar-refractivity contribution < 1.29 is 4.92 Å². The van der Waals surface area contributed by atoms with Gasteiger partial charge in [-0.15, -0.1) is 0 Å². The van der Waals surface area contributed by atoms with E-state index in [2.05, 4.69) is 10.4 Å². The third-order valence-corrected chi connectivity index (χ3v) is 2.99. The fourth-order valence-corrected chi connectivity index (χ4v) is 1.91. The number of hydrogen-bond acceptors (Lipinski definition) is 4. The molecule has 6 heteroatoms. The first-order chi connectivity index (χ1) is 9.18. The summed E-state index contributed by atoms with van der Waals surface area (Å²) in [7, 11) is 1.89. The third-order valence-electron chi connectivity index (χ3n) is 2.99. The molecular formula is C13H16N4O2. The van der Waals surface area contributed by atoms with Crippen LogP contribution in [0.3, 0.4) is 0 Å². The molecule has 0 radical (unpaired) electrons. The lowest BCUT2D eigenvalue weighted by Gasteiger charge is -2.06. The van der Waals surface area contributed by atoms with Crippen molar-refractivity contribution in [2.24, 2.45) is 7.05 Å². The van der Waals surface area contributed by atoms with Crippen molar-refractivity contribution >= 4 is 5.69 Å². The second kappa shape index (κ2) is 6.10. The van der Waals surface area contributed by atoms with E-state index in [9.17, 15) is 10.1 Å². The molecule has 1 heterocycles. The Kier molecular flexibility index (Phi) is 4.25. The van der Waals surface area contributed by atoms with Crippen LogP contribution in [0, 0.1) is 10.1 Å². The molecule has 6 nitrogen and oxygen atoms in total. The van der Waals surface area contributed by atoms with E-state index in [-0.39, 0.29) is 10.6 Å². The third kappa shape index (κ3) is 3.38. The van der Waals surface area contributed by atoms with Crippen LogP contribution in [-0.2, 0) is 20.0 Å². The van der Waals surface area contributed by atoms with E-state index in [1.807, 2.05) is 19.2 Å². The number of aromatic nitrogens is 2. The first-order valence-electron chi connectivity index (χ1n) is 6.08. The lowest BCUT2D eigenvalue weighted by Crippen LogP contribution is -2.18. The van der Waals surface area contributed by atoms with Crippen LogP contribution in [0.15, 0.2) is 36.5 Å². The molecule has 0 aliphatic carbocycles. The van der Waals surface area contributed by atoms with Gasteiger partial charge in [-0.05, 0) is 19.0 Å². The van der Waals surface area contributed by atoms with Crippen LogP contribution in [0.25, 0.3) is 0 Å². The molecule has 100 valence electrons. The summed E-state index contributed by atoms with van der Waals surface area (Å²) in [6.07, 6.45) is 2.38. The Balaban J connectivity index is 1.86. The molecule has 0 saturated heterocycles. The van der Waals surface area contributed by atoms with Crippen molar-refractivity contribution in [2.75, 3.05) is 6.54 Å². The zero-order chi connectivity index (χ0) is 13.7. The highest BCUT2D eigenvalue weighted by Gasteiger charge is 2.11. The van der Waals surface area contributed by atoms with Gasteiger partial charge >= 0.3 is 0 Å². The molecule has 19 heavy (non-hydrogen) atoms. The van der Waals surface area contributed by atoms with Gasteiger partial charge in [0.15, 0.2) is 0 Å². The molecule has 0 aliphatic heterocycles. The molecular weight excluding hydrogens is 244 g/mol. The largest absolute Gasteiger partial charge is 0.311 e. The average molecular weight is 260 g/mol. The molecule has 1 aromatic heterocycles. The molecule has 0 saturated carbocycles. The summed E-state index contributed by atoms with van der Waals surface area (Å²) in [6.45, 7) is 1.40. The summed E-state index contributed by atoms with van der Waals surface area (Å²) in [5.74, 6) is 0. The van der Waals surface area contributed by atoms with E-state index in [1.165, 1.54) is 6.07 Å². The number of benzene rings is 1. The summed E-state index contributed by atoms with van der Waals surface area (Å²) < 4.78 is 1.80. The van der Waals surface area contributed by atoms with Crippen LogP contribution >= 0.6 is 0 Å². The highest BCUT2D eigenvalue weighted by atomic mass is 16.6. The molecule has 0 fully saturated rings. The minimum atomic E-state index is -0.337. The first kappa shape index (κ1) is 13.2. The number of aryl methyl sites for hydroxylation is 1. The minimum Gasteiger partial charge on any atom is -0.311 e. The highest BCUT2D eigenvalue weighted by Crippen LogP contribution is 2.17. The lowest BCUT2D eigenvalue weighted by atomic mass is 10.1. The predicted molar refractivity (Wildman–Crippen MR) is 71.7 cm³/mol. The number of nitro benzene ring substituents is 1. The zero-order valence-corrected chi connectivity index (χ0v) is 10.7. The molecule has 2 rings (SSSR count). The fourth-order valence-electron chi connectivity index (χ4n) is 1.91. The van der Waals surface area contributed by atoms with Crippen molar-refractivity contribution in [1.82, 2.24) is 15.1 Å². The highest BCUT2D eigenvalue weighted by molar-refractivity contribution is 5.39. The molecule has 0 spiro atoms. The Labute approximate surface area is 111 Å². The number of nitrogens with zero attached hydrogens (tertiary/aromatic N) is 3. The van der Waals surface area contributed by atoms with Crippen molar-refractivity contribution in [1.29, 1.82) is 0 Å². The maximum atomic E-state index is 10.9. The molecule has 0 atom stereocenters. The van der Waals surface area contributed by atoms with Crippen LogP contribution < -0.4 is 5.32 Å². The molecule has 1 aromatic carbocycles. The van der Waals surface area contributed by atoms with Gasteiger partial charge in [-0.25, -0.2) is 0 Å². The summed E-state index contributed by atoms with van der Waals surface area (Å²) in [6, 6.07) is 8.78. The summed E-state index contributed by atoms with van der Waals surface area (Å²) in [5, 5.41) is 18.2. The van der Waals surface area contributed by atoms with E-state index in [0.29, 0.717) is 19.5 Å². The maximum Gasteiger partial charge on any atom is 0.272 e. The number of nitro groups is 1. The monoisotopic (exact) mass is 260 g/mol. The Morgan fingerprint density at radius 1 is 1.37 bits per heavy atom. The van der Waals surface area contributed by atoms with Gasteiger partial charge < -0.3 is 5.32 Å². The number of hydrogen-bond donors (Lipinski definition) is 1. The van der Waals surface area contributed by atoms with Gasteiger partial charge in [-0.3, -0.25) is 14.8 Å². The Bertz CT molecular complexity index is 565. The van der Waals surface area contributed by atoms with Crippen molar-refractivity contribution in [3.8, 4) is 0 Å². The van der Waals surface area contributed by atoms with E-state index >= 15 is 0 Å². The lowest BCUT2D eigenvalue weighted by molar-refractivity contribution is -0.385. The number of nitrogens with one attached hydrogen (secondary N) is 1. The van der Waals surface area contributed by atoms with Gasteiger partial charge in [0, 0.05) is 31.4 Å². The summed E-state index contributed by atoms with van der Waals surface area (Å²) >= 11 is 0. The van der Waals surface area contributed by atoms with Gasteiger partial charge in [-0.1, -0.05) is 18.2 Å². The maximum absolute atomic E-state index is 10.9. The second-order valence-corrected chi connectivity index (χ2v) is 4.26. The topological polar surface area (TPSA) is 73.0 Å². The van der Waals surface area contributed by atoms with Gasteiger partial charge in [0.2, 0.25) is 0 Å². The van der Waals surface area contributed by atoms with Crippen LogP contribution in [-0.4, -0.2) is 21.2 Å². The molecule has 1 N–H and O–H groups in total. The van der Waals surface area contributed by atoms with E-state index in [1.54, 1.807) is 23.0 Å². The zero-order valence-electron chi connectivity index (χ0n) is 10.7. The Morgan fingerprint density at radius 2 is 2.16 bits per heavy atom. The van der Waals surface area contributed by atoms with E-state index < -0.39 is 0 Å². The molecule has 0 aliphatic rings. The molecule has 2 aromatic rings. The van der Waals surface area contributed by atoms with Crippen molar-refractivity contribution in [3.05, 3.63) is 57.9 Å². The van der Waals surface area contributed by atoms with Crippen LogP contribution in [0.4, 0.5) is 5.69 Å². The van der Waals surface area contributed by atoms with Gasteiger partial charge in [0.05, 0.1) is 10.6 Å². The smallest absolute Gasteiger partial charge is 0.272 e. The Hall–Kier alpha value is -2.21. The number of rotatable bonds is 6. The fraction of sp³-hybridized carbons (Fsp3) is 0.308. The van der Waals surface area contributed by atoms with Crippen molar-refractivity contribution in [2.45, 2.75) is 13.0 Å². The van der Waals surface area contributed by atoms with E-state index in [4.69, 9.17) is 0 Å². The molecule has 0 unspecified atom stereocenters. The first-order valence-corrected chi connectivity index (χ1v) is 6.08. The minimum absolute atomic E-state index is 0.185. The predicted octanol–water partition coefficient (Wildman–Crippen LogP) is 1.66. The SMILES string of the molecule is Cn1nccc1CNCCc1ccccc1[N+](=O)[O-]. The van der Waals surface area contributed by atoms with Crippen LogP contribution in [0.1, 0.15) is 11.3 Å². The summed E-state index contributed by atoms with van der Waals surface area (Å²) in [4.78, 5) is 10.5. The standard InChI is InChI=1S/C13H16N4O2/c1-16-12(7-9-15-16)10-14-8-6-11-4-2-3-5-13(11)17(18)19/h2-5,7,9,14H,6,8,10H2,1H3. The van der Waals surface area contributed by atoms with Gasteiger partial charge in [0.1, 0.15) is 0 Å². The van der Waals surface area contributed by atoms with Gasteiger partial charge in [0.25, 0.3) is 5.69 Å². The molecule has 0 amide bonds. The Morgan fingerprint density at radius 3 is 2.84 bits per heavy atom. The van der Waals surface area contributed by atoms with Gasteiger partial charge in [-0.2, -0.15) is 5.10 Å². The molecule has 0 bridgehead atoms. The van der Waals surface area contributed by atoms with E-state index in [0.717, 1.165) is 11.3 Å². The quantitative estimate of drug-likeness (QED) is 0.487. The average Bonchev–Trinajstić information content (AvgIpc) is 2.80. The normalized spacial score (nSPS) is 10.6. The van der Waals surface area contributed by atoms with Crippen LogP contribution in [0.2, 0.25) is 0 Å². The second-order valence-electron chi connectivity index (χ2n) is 4.26. The van der Waals surface area contributed by atoms with Crippen LogP contribution in [0.5, 0.6) is 0 Å². The van der Waals surface area contributed by atoms with Crippen molar-refractivity contribution in [3.63, 3.8) is 0 Å². The summed E-state index contributed by atoms with van der Waals surface area (Å²) in [5.41, 5.74) is 2.03. The number of para-hydroxylation sites is 1.